The van der Waals surface area contributed by atoms with Gasteiger partial charge in [0, 0.05) is 26.5 Å². The molecular weight excluding hydrogens is 398 g/mol. The fourth-order valence-electron chi connectivity index (χ4n) is 1.63. The molecule has 0 amide bonds. The van der Waals surface area contributed by atoms with Gasteiger partial charge < -0.3 is 10.6 Å². The van der Waals surface area contributed by atoms with Crippen molar-refractivity contribution in [3.8, 4) is 0 Å². The molecule has 0 aliphatic rings. The van der Waals surface area contributed by atoms with Crippen LogP contribution in [0.25, 0.3) is 0 Å². The van der Waals surface area contributed by atoms with Gasteiger partial charge >= 0.3 is 16.9 Å². The normalized spacial score (nSPS) is 10.7. The van der Waals surface area contributed by atoms with Gasteiger partial charge in [0.15, 0.2) is 10.2 Å². The minimum absolute atomic E-state index is 0.126. The molecule has 27 heavy (non-hydrogen) atoms. The van der Waals surface area contributed by atoms with E-state index in [9.17, 15) is 19.7 Å². The molecule has 1 aromatic rings. The van der Waals surface area contributed by atoms with Crippen LogP contribution in [-0.4, -0.2) is 50.8 Å². The lowest BCUT2D eigenvalue weighted by molar-refractivity contribution is -0.387. The molecule has 13 nitrogen and oxygen atoms in total. The van der Waals surface area contributed by atoms with Crippen molar-refractivity contribution in [1.29, 1.82) is 0 Å². The smallest absolute Gasteiger partial charge is 0.350 e. The lowest BCUT2D eigenvalue weighted by Gasteiger charge is -2.07. The minimum atomic E-state index is -1.05. The van der Waals surface area contributed by atoms with Crippen molar-refractivity contribution >= 4 is 52.8 Å². The van der Waals surface area contributed by atoms with Gasteiger partial charge in [-0.15, -0.1) is 0 Å². The van der Waals surface area contributed by atoms with Crippen LogP contribution in [0, 0.1) is 10.1 Å². The third kappa shape index (κ3) is 6.55. The molecule has 0 bridgehead atoms. The third-order valence-corrected chi connectivity index (χ3v) is 3.52. The number of hydrazone groups is 2. The van der Waals surface area contributed by atoms with Crippen LogP contribution < -0.4 is 32.7 Å². The summed E-state index contributed by atoms with van der Waals surface area (Å²) in [5.41, 5.74) is 2.33. The summed E-state index contributed by atoms with van der Waals surface area (Å²) in [7, 11) is 3.17. The van der Waals surface area contributed by atoms with Crippen molar-refractivity contribution in [2.24, 2.45) is 10.2 Å². The lowest BCUT2D eigenvalue weighted by atomic mass is 10.5. The summed E-state index contributed by atoms with van der Waals surface area (Å²) in [5, 5.41) is 24.3. The number of hydrogen-bond donors (Lipinski definition) is 4. The fraction of sp³-hybridized carbons (Fsp3) is 0.333. The second kappa shape index (κ2) is 10.7. The molecule has 0 unspecified atom stereocenters. The quantitative estimate of drug-likeness (QED) is 0.171. The third-order valence-electron chi connectivity index (χ3n) is 2.93. The number of hydrogen-bond acceptors (Lipinski definition) is 8. The molecule has 146 valence electrons. The molecule has 0 atom stereocenters. The van der Waals surface area contributed by atoms with Crippen LogP contribution in [0.4, 0.5) is 5.69 Å². The van der Waals surface area contributed by atoms with Crippen LogP contribution >= 0.6 is 24.4 Å². The highest BCUT2D eigenvalue weighted by molar-refractivity contribution is 7.80. The van der Waals surface area contributed by atoms with E-state index in [1.807, 2.05) is 0 Å². The maximum absolute atomic E-state index is 12.4. The van der Waals surface area contributed by atoms with Gasteiger partial charge in [-0.05, 0) is 24.4 Å². The SMILES string of the molecule is CNC(=S)NN=CCn1cc([N+](=O)[O-])c(=O)n(CC=NNC(=S)NC)c1=O. The van der Waals surface area contributed by atoms with Gasteiger partial charge in [-0.1, -0.05) is 0 Å². The summed E-state index contributed by atoms with van der Waals surface area (Å²) in [4.78, 5) is 34.8. The molecular formula is C12H17N9O4S2. The average Bonchev–Trinajstić information content (AvgIpc) is 2.64. The molecule has 1 heterocycles. The van der Waals surface area contributed by atoms with Crippen molar-refractivity contribution in [2.45, 2.75) is 13.1 Å². The summed E-state index contributed by atoms with van der Waals surface area (Å²) in [5.74, 6) is 0. The second-order valence-corrected chi connectivity index (χ2v) is 5.44. The summed E-state index contributed by atoms with van der Waals surface area (Å²) in [6.45, 7) is -0.420. The zero-order chi connectivity index (χ0) is 20.4. The van der Waals surface area contributed by atoms with E-state index in [4.69, 9.17) is 24.4 Å². The summed E-state index contributed by atoms with van der Waals surface area (Å²) >= 11 is 9.62. The zero-order valence-corrected chi connectivity index (χ0v) is 16.0. The van der Waals surface area contributed by atoms with Gasteiger partial charge in [0.2, 0.25) is 0 Å². The molecule has 0 aliphatic carbocycles. The van der Waals surface area contributed by atoms with Crippen LogP contribution in [0.5, 0.6) is 0 Å². The zero-order valence-electron chi connectivity index (χ0n) is 14.3. The summed E-state index contributed by atoms with van der Waals surface area (Å²) in [6.07, 6.45) is 3.31. The number of nitro groups is 1. The molecule has 0 radical (unpaired) electrons. The number of aromatic nitrogens is 2. The molecule has 0 aromatic carbocycles. The van der Waals surface area contributed by atoms with Gasteiger partial charge in [-0.25, -0.2) is 9.36 Å². The van der Waals surface area contributed by atoms with E-state index >= 15 is 0 Å². The highest BCUT2D eigenvalue weighted by Crippen LogP contribution is 1.99. The Morgan fingerprint density at radius 2 is 1.67 bits per heavy atom. The molecule has 0 spiro atoms. The maximum atomic E-state index is 12.4. The van der Waals surface area contributed by atoms with E-state index < -0.39 is 21.9 Å². The molecule has 15 heteroatoms. The first-order valence-electron chi connectivity index (χ1n) is 7.29. The van der Waals surface area contributed by atoms with Gasteiger partial charge in [-0.3, -0.25) is 30.3 Å². The van der Waals surface area contributed by atoms with Crippen LogP contribution in [0.15, 0.2) is 26.0 Å². The Hall–Kier alpha value is -3.20. The van der Waals surface area contributed by atoms with E-state index in [0.29, 0.717) is 4.57 Å². The predicted octanol–water partition coefficient (Wildman–Crippen LogP) is -1.92. The first-order chi connectivity index (χ1) is 12.8. The Morgan fingerprint density at radius 3 is 2.15 bits per heavy atom. The summed E-state index contributed by atoms with van der Waals surface area (Å²) < 4.78 is 1.64. The number of thiocarbonyl (C=S) groups is 2. The van der Waals surface area contributed by atoms with Crippen LogP contribution in [-0.2, 0) is 13.1 Å². The first kappa shape index (κ1) is 21.8. The second-order valence-electron chi connectivity index (χ2n) is 4.63. The monoisotopic (exact) mass is 415 g/mol. The minimum Gasteiger partial charge on any atom is -0.364 e. The van der Waals surface area contributed by atoms with E-state index in [1.54, 1.807) is 14.1 Å². The Balaban J connectivity index is 3.11. The largest absolute Gasteiger partial charge is 0.364 e. The van der Waals surface area contributed by atoms with Crippen molar-refractivity contribution in [3.63, 3.8) is 0 Å². The fourth-order valence-corrected chi connectivity index (χ4v) is 1.73. The van der Waals surface area contributed by atoms with Gasteiger partial charge in [-0.2, -0.15) is 10.2 Å². The molecule has 1 aromatic heterocycles. The molecule has 4 N–H and O–H groups in total. The molecule has 0 fully saturated rings. The Labute approximate surface area is 163 Å². The Morgan fingerprint density at radius 1 is 1.15 bits per heavy atom. The highest BCUT2D eigenvalue weighted by atomic mass is 32.1. The standard InChI is InChI=1S/C12H17N9O4S2/c1-13-10(26)17-15-3-5-19-7-8(21(24)25)9(22)20(12(19)23)6-4-16-18-11(27)14-2/h3-4,7H,5-6H2,1-2H3,(H2,13,17,26)(H2,14,18,27). The van der Waals surface area contributed by atoms with Gasteiger partial charge in [0.25, 0.3) is 0 Å². The molecule has 0 saturated carbocycles. The Kier molecular flexibility index (Phi) is 8.67. The number of nitrogens with one attached hydrogen (secondary N) is 4. The van der Waals surface area contributed by atoms with E-state index in [2.05, 4.69) is 31.7 Å². The van der Waals surface area contributed by atoms with E-state index in [1.165, 1.54) is 12.4 Å². The lowest BCUT2D eigenvalue weighted by Crippen LogP contribution is -2.41. The number of rotatable bonds is 7. The van der Waals surface area contributed by atoms with Crippen molar-refractivity contribution in [2.75, 3.05) is 14.1 Å². The average molecular weight is 415 g/mol. The van der Waals surface area contributed by atoms with Crippen LogP contribution in [0.2, 0.25) is 0 Å². The van der Waals surface area contributed by atoms with Crippen molar-refractivity contribution < 1.29 is 4.92 Å². The molecule has 1 rings (SSSR count). The Bertz CT molecular complexity index is 890. The van der Waals surface area contributed by atoms with Gasteiger partial charge in [0.05, 0.1) is 24.2 Å². The van der Waals surface area contributed by atoms with Crippen LogP contribution in [0.1, 0.15) is 0 Å². The highest BCUT2D eigenvalue weighted by Gasteiger charge is 2.19. The number of nitrogens with zero attached hydrogens (tertiary/aromatic N) is 5. The van der Waals surface area contributed by atoms with Crippen LogP contribution in [0.3, 0.4) is 0 Å². The van der Waals surface area contributed by atoms with E-state index in [0.717, 1.165) is 10.8 Å². The van der Waals surface area contributed by atoms with Gasteiger partial charge in [0.1, 0.15) is 0 Å². The molecule has 0 saturated heterocycles. The van der Waals surface area contributed by atoms with E-state index in [-0.39, 0.29) is 23.3 Å². The van der Waals surface area contributed by atoms with Crippen molar-refractivity contribution in [3.05, 3.63) is 37.1 Å². The maximum Gasteiger partial charge on any atom is 0.350 e. The van der Waals surface area contributed by atoms with Crippen molar-refractivity contribution in [1.82, 2.24) is 30.6 Å². The molecule has 0 aliphatic heterocycles. The first-order valence-corrected chi connectivity index (χ1v) is 8.10. The predicted molar refractivity (Wildman–Crippen MR) is 108 cm³/mol. The topological polar surface area (TPSA) is 160 Å². The summed E-state index contributed by atoms with van der Waals surface area (Å²) in [6, 6.07) is 0.